The van der Waals surface area contributed by atoms with E-state index in [9.17, 15) is 14.7 Å². The molecule has 3 atom stereocenters. The number of nitrogens with one attached hydrogen (secondary N) is 2. The van der Waals surface area contributed by atoms with Crippen molar-refractivity contribution in [1.29, 1.82) is 0 Å². The van der Waals surface area contributed by atoms with E-state index in [0.717, 1.165) is 62.4 Å². The number of amides is 2. The number of benzene rings is 5. The Morgan fingerprint density at radius 1 is 0.707 bits per heavy atom. The fraction of sp³-hybridized carbons (Fsp3) is 0.255. The lowest BCUT2D eigenvalue weighted by Crippen LogP contribution is -2.31. The standard InChI is InChI=1S/C47H47N3O7S/c51-30-32-20-22-34(23-21-32)41-28-39(31-58-47-49-44(35-12-4-1-5-13-35)45(57-47)36-14-6-2-7-15-36)55-46(56-41)37-26-24-33(25-27-37)40-17-11-10-16-38(40)29-48-42(52)18-8-3-9-19-43(53)50-54/h1-2,4-7,10-17,20-27,39,41,46,51,54H,3,8-9,18-19,28-31H2,(H,48,52)(H,50,53)/t39-,41+,46+/m0/s1. The Hall–Kier alpha value is -5.56. The zero-order chi connectivity index (χ0) is 40.1. The topological polar surface area (TPSA) is 143 Å². The highest BCUT2D eigenvalue weighted by atomic mass is 32.2. The predicted molar refractivity (Wildman–Crippen MR) is 223 cm³/mol. The molecule has 4 N–H and O–H groups in total. The molecule has 0 bridgehead atoms. The van der Waals surface area contributed by atoms with Crippen molar-refractivity contribution in [3.8, 4) is 33.7 Å². The van der Waals surface area contributed by atoms with Crippen molar-refractivity contribution in [2.45, 2.75) is 75.4 Å². The summed E-state index contributed by atoms with van der Waals surface area (Å²) in [4.78, 5) is 28.8. The number of aliphatic hydroxyl groups excluding tert-OH is 1. The molecular formula is C47H47N3O7S. The number of thioether (sulfide) groups is 1. The third-order valence-corrected chi connectivity index (χ3v) is 11.1. The van der Waals surface area contributed by atoms with Crippen LogP contribution in [0.4, 0.5) is 0 Å². The Labute approximate surface area is 342 Å². The van der Waals surface area contributed by atoms with E-state index in [2.05, 4.69) is 17.4 Å². The molecule has 0 unspecified atom stereocenters. The number of aromatic nitrogens is 1. The van der Waals surface area contributed by atoms with E-state index >= 15 is 0 Å². The third-order valence-electron chi connectivity index (χ3n) is 10.1. The zero-order valence-electron chi connectivity index (χ0n) is 32.1. The number of hydrogen-bond donors (Lipinski definition) is 4. The summed E-state index contributed by atoms with van der Waals surface area (Å²) < 4.78 is 19.7. The molecule has 2 amide bonds. The number of rotatable bonds is 17. The number of unbranched alkanes of at least 4 members (excludes halogenated alkanes) is 2. The van der Waals surface area contributed by atoms with Gasteiger partial charge in [0.2, 0.25) is 11.8 Å². The van der Waals surface area contributed by atoms with Crippen LogP contribution >= 0.6 is 11.8 Å². The highest BCUT2D eigenvalue weighted by molar-refractivity contribution is 7.99. The second-order valence-electron chi connectivity index (χ2n) is 14.2. The predicted octanol–water partition coefficient (Wildman–Crippen LogP) is 9.58. The minimum absolute atomic E-state index is 0.0280. The van der Waals surface area contributed by atoms with Gasteiger partial charge in [-0.2, -0.15) is 0 Å². The van der Waals surface area contributed by atoms with Crippen molar-refractivity contribution in [1.82, 2.24) is 15.8 Å². The van der Waals surface area contributed by atoms with E-state index in [1.54, 1.807) is 5.48 Å². The first-order valence-corrected chi connectivity index (χ1v) is 20.6. The summed E-state index contributed by atoms with van der Waals surface area (Å²) in [5, 5.41) is 21.9. The number of oxazole rings is 1. The molecule has 2 heterocycles. The van der Waals surface area contributed by atoms with Crippen LogP contribution in [0.1, 0.15) is 73.2 Å². The molecule has 1 fully saturated rings. The first-order chi connectivity index (χ1) is 28.5. The van der Waals surface area contributed by atoms with E-state index in [-0.39, 0.29) is 31.1 Å². The van der Waals surface area contributed by atoms with Crippen molar-refractivity contribution in [3.63, 3.8) is 0 Å². The van der Waals surface area contributed by atoms with E-state index in [1.165, 1.54) is 11.8 Å². The Morgan fingerprint density at radius 3 is 2.07 bits per heavy atom. The first kappa shape index (κ1) is 40.6. The van der Waals surface area contributed by atoms with E-state index < -0.39 is 12.2 Å². The fourth-order valence-electron chi connectivity index (χ4n) is 6.99. The molecule has 0 saturated carbocycles. The van der Waals surface area contributed by atoms with Gasteiger partial charge in [-0.1, -0.05) is 152 Å². The van der Waals surface area contributed by atoms with Crippen LogP contribution in [-0.2, 0) is 32.2 Å². The average molecular weight is 798 g/mol. The van der Waals surface area contributed by atoms with Gasteiger partial charge < -0.3 is 24.3 Å². The van der Waals surface area contributed by atoms with Crippen molar-refractivity contribution in [2.75, 3.05) is 5.75 Å². The molecular weight excluding hydrogens is 751 g/mol. The van der Waals surface area contributed by atoms with E-state index in [1.807, 2.05) is 121 Å². The maximum absolute atomic E-state index is 12.6. The summed E-state index contributed by atoms with van der Waals surface area (Å²) in [5.41, 5.74) is 10.1. The Kier molecular flexibility index (Phi) is 14.2. The van der Waals surface area contributed by atoms with Crippen molar-refractivity contribution in [2.24, 2.45) is 0 Å². The van der Waals surface area contributed by atoms with Gasteiger partial charge in [0.05, 0.1) is 18.8 Å². The Bertz CT molecular complexity index is 2170. The summed E-state index contributed by atoms with van der Waals surface area (Å²) >= 11 is 1.52. The van der Waals surface area contributed by atoms with Crippen LogP contribution in [0, 0.1) is 0 Å². The van der Waals surface area contributed by atoms with Gasteiger partial charge >= 0.3 is 0 Å². The molecule has 1 aromatic heterocycles. The summed E-state index contributed by atoms with van der Waals surface area (Å²) in [5.74, 6) is 0.851. The molecule has 0 aliphatic carbocycles. The number of ether oxygens (including phenoxy) is 2. The minimum atomic E-state index is -0.632. The largest absolute Gasteiger partial charge is 0.431 e. The van der Waals surface area contributed by atoms with Crippen LogP contribution in [0.2, 0.25) is 0 Å². The molecule has 11 heteroatoms. The average Bonchev–Trinajstić information content (AvgIpc) is 3.72. The molecule has 298 valence electrons. The Balaban J connectivity index is 1.05. The minimum Gasteiger partial charge on any atom is -0.431 e. The number of nitrogens with zero attached hydrogens (tertiary/aromatic N) is 1. The number of carbonyl (C=O) groups is 2. The maximum atomic E-state index is 12.6. The lowest BCUT2D eigenvalue weighted by molar-refractivity contribution is -0.245. The van der Waals surface area contributed by atoms with Gasteiger partial charge in [-0.3, -0.25) is 14.8 Å². The van der Waals surface area contributed by atoms with Gasteiger partial charge in [0, 0.05) is 48.3 Å². The van der Waals surface area contributed by atoms with Gasteiger partial charge in [-0.25, -0.2) is 10.5 Å². The number of hydrogen-bond acceptors (Lipinski definition) is 9. The second kappa shape index (κ2) is 20.2. The Morgan fingerprint density at radius 2 is 1.36 bits per heavy atom. The monoisotopic (exact) mass is 797 g/mol. The molecule has 58 heavy (non-hydrogen) atoms. The molecule has 1 saturated heterocycles. The van der Waals surface area contributed by atoms with Gasteiger partial charge in [-0.05, 0) is 40.7 Å². The van der Waals surface area contributed by atoms with Crippen LogP contribution in [0.5, 0.6) is 0 Å². The highest BCUT2D eigenvalue weighted by Gasteiger charge is 2.33. The van der Waals surface area contributed by atoms with E-state index in [4.69, 9.17) is 24.1 Å². The number of hydroxylamine groups is 1. The molecule has 7 rings (SSSR count). The van der Waals surface area contributed by atoms with Crippen LogP contribution in [0.15, 0.2) is 143 Å². The summed E-state index contributed by atoms with van der Waals surface area (Å²) in [7, 11) is 0. The molecule has 1 aliphatic heterocycles. The van der Waals surface area contributed by atoms with Crippen molar-refractivity contribution >= 4 is 23.6 Å². The van der Waals surface area contributed by atoms with Gasteiger partial charge in [0.25, 0.3) is 5.22 Å². The summed E-state index contributed by atoms with van der Waals surface area (Å²) in [6.45, 7) is 0.360. The summed E-state index contributed by atoms with van der Waals surface area (Å²) in [6.07, 6.45) is 2.16. The smallest absolute Gasteiger partial charge is 0.256 e. The van der Waals surface area contributed by atoms with Gasteiger partial charge in [0.1, 0.15) is 5.69 Å². The van der Waals surface area contributed by atoms with Crippen LogP contribution in [0.25, 0.3) is 33.7 Å². The lowest BCUT2D eigenvalue weighted by Gasteiger charge is -2.36. The normalized spacial score (nSPS) is 16.5. The second-order valence-corrected chi connectivity index (χ2v) is 15.2. The lowest BCUT2D eigenvalue weighted by atomic mass is 9.97. The zero-order valence-corrected chi connectivity index (χ0v) is 32.9. The first-order valence-electron chi connectivity index (χ1n) is 19.6. The number of aliphatic hydroxyl groups is 1. The molecule has 1 aliphatic rings. The number of carbonyl (C=O) groups excluding carboxylic acids is 2. The molecule has 0 radical (unpaired) electrons. The third kappa shape index (κ3) is 10.7. The SMILES string of the molecule is O=C(CCCCCC(=O)NCc1ccccc1-c1ccc([C@@H]2O[C@H](CSc3nc(-c4ccccc4)c(-c4ccccc4)o3)C[C@H](c3ccc(CO)cc3)O2)cc1)NO. The van der Waals surface area contributed by atoms with Gasteiger partial charge in [-0.15, -0.1) is 0 Å². The summed E-state index contributed by atoms with van der Waals surface area (Å²) in [6, 6.07) is 44.1. The highest BCUT2D eigenvalue weighted by Crippen LogP contribution is 2.41. The van der Waals surface area contributed by atoms with Crippen molar-refractivity contribution in [3.05, 3.63) is 156 Å². The van der Waals surface area contributed by atoms with Crippen molar-refractivity contribution < 1.29 is 33.8 Å². The van der Waals surface area contributed by atoms with Crippen LogP contribution in [0.3, 0.4) is 0 Å². The van der Waals surface area contributed by atoms with Crippen LogP contribution < -0.4 is 10.8 Å². The molecule has 0 spiro atoms. The van der Waals surface area contributed by atoms with E-state index in [0.29, 0.717) is 43.2 Å². The molecule has 6 aromatic rings. The quantitative estimate of drug-likeness (QED) is 0.0307. The molecule has 10 nitrogen and oxygen atoms in total. The van der Waals surface area contributed by atoms with Crippen LogP contribution in [-0.4, -0.2) is 39.0 Å². The maximum Gasteiger partial charge on any atom is 0.256 e. The molecule has 5 aromatic carbocycles. The fourth-order valence-corrected chi connectivity index (χ4v) is 7.83. The van der Waals surface area contributed by atoms with Gasteiger partial charge in [0.15, 0.2) is 12.1 Å².